The Bertz CT molecular complexity index is 1590. The number of hydroxylamine groups is 2. The second-order valence-electron chi connectivity index (χ2n) is 11.1. The number of nitrogens with zero attached hydrogens (tertiary/aromatic N) is 1. The van der Waals surface area contributed by atoms with Gasteiger partial charge in [0.1, 0.15) is 18.1 Å². The van der Waals surface area contributed by atoms with Crippen molar-refractivity contribution in [2.75, 3.05) is 34.6 Å². The second-order valence-corrected chi connectivity index (χ2v) is 13.4. The van der Waals surface area contributed by atoms with Crippen LogP contribution in [0.5, 0.6) is 5.75 Å². The normalized spacial score (nSPS) is 12.4. The zero-order valence-electron chi connectivity index (χ0n) is 29.0. The van der Waals surface area contributed by atoms with Gasteiger partial charge < -0.3 is 33.6 Å². The van der Waals surface area contributed by atoms with Gasteiger partial charge in [0.25, 0.3) is 5.91 Å². The van der Waals surface area contributed by atoms with Gasteiger partial charge in [-0.15, -0.1) is 0 Å². The standard InChI is InChI=1S/C35H46N3O11P/c1-6-8-10-15-29(30(7-2)38(24-39)48-21-25-13-11-9-12-14-25)34(41)36-23-37-35(42)32-17-16-31(49-32)26-18-27(47-22-33(40)44-3)20-28(19-26)50(43,45-4)46-5/h9,11-14,16-20,24,29-30H,6-8,10,15,21-23H2,1-5H3,(H,36,41)(H,37,42)/t29?,30-/m1/s1. The molecule has 3 aromatic rings. The molecule has 1 aromatic heterocycles. The Kier molecular flexibility index (Phi) is 16.2. The summed E-state index contributed by atoms with van der Waals surface area (Å²) in [4.78, 5) is 56.1. The summed E-state index contributed by atoms with van der Waals surface area (Å²) in [5, 5.41) is 6.73. The Balaban J connectivity index is 1.71. The van der Waals surface area contributed by atoms with E-state index < -0.39 is 38.0 Å². The number of ether oxygens (including phenoxy) is 2. The zero-order valence-corrected chi connectivity index (χ0v) is 29.9. The molecule has 2 aromatic carbocycles. The van der Waals surface area contributed by atoms with Crippen LogP contribution in [0.4, 0.5) is 0 Å². The van der Waals surface area contributed by atoms with Crippen LogP contribution < -0.4 is 20.7 Å². The summed E-state index contributed by atoms with van der Waals surface area (Å²) in [6, 6.07) is 16.3. The van der Waals surface area contributed by atoms with Gasteiger partial charge in [0, 0.05) is 19.8 Å². The number of methoxy groups -OCH3 is 1. The highest BCUT2D eigenvalue weighted by molar-refractivity contribution is 7.62. The van der Waals surface area contributed by atoms with E-state index >= 15 is 0 Å². The van der Waals surface area contributed by atoms with Crippen molar-refractivity contribution in [2.45, 2.75) is 58.6 Å². The monoisotopic (exact) mass is 715 g/mol. The van der Waals surface area contributed by atoms with Gasteiger partial charge in [0.2, 0.25) is 12.3 Å². The maximum Gasteiger partial charge on any atom is 0.360 e. The molecule has 0 radical (unpaired) electrons. The maximum absolute atomic E-state index is 13.5. The first-order chi connectivity index (χ1) is 24.1. The number of nitrogens with one attached hydrogen (secondary N) is 2. The number of unbranched alkanes of at least 4 members (excludes halogenated alkanes) is 2. The highest BCUT2D eigenvalue weighted by atomic mass is 31.2. The summed E-state index contributed by atoms with van der Waals surface area (Å²) in [6.07, 6.45) is 4.24. The topological polar surface area (TPSA) is 172 Å². The van der Waals surface area contributed by atoms with Gasteiger partial charge in [-0.2, -0.15) is 0 Å². The van der Waals surface area contributed by atoms with E-state index in [1.165, 1.54) is 56.7 Å². The van der Waals surface area contributed by atoms with Crippen molar-refractivity contribution in [3.05, 3.63) is 72.0 Å². The molecule has 14 nitrogen and oxygen atoms in total. The largest absolute Gasteiger partial charge is 0.482 e. The number of carbonyl (C=O) groups is 4. The van der Waals surface area contributed by atoms with E-state index in [9.17, 15) is 23.7 Å². The highest BCUT2D eigenvalue weighted by Crippen LogP contribution is 2.46. The molecule has 3 rings (SSSR count). The quantitative estimate of drug-likeness (QED) is 0.0359. The Hall–Kier alpha value is -4.49. The Morgan fingerprint density at radius 3 is 2.34 bits per heavy atom. The number of hydrogen-bond acceptors (Lipinski definition) is 11. The first-order valence-corrected chi connectivity index (χ1v) is 17.8. The second kappa shape index (κ2) is 20.2. The fraction of sp³-hybridized carbons (Fsp3) is 0.429. The van der Waals surface area contributed by atoms with Crippen molar-refractivity contribution in [1.29, 1.82) is 0 Å². The lowest BCUT2D eigenvalue weighted by atomic mass is 9.90. The van der Waals surface area contributed by atoms with E-state index in [1.54, 1.807) is 0 Å². The lowest BCUT2D eigenvalue weighted by molar-refractivity contribution is -0.200. The third-order valence-corrected chi connectivity index (χ3v) is 9.74. The van der Waals surface area contributed by atoms with Gasteiger partial charge in [-0.25, -0.2) is 9.86 Å². The molecule has 0 spiro atoms. The van der Waals surface area contributed by atoms with E-state index in [1.807, 2.05) is 37.3 Å². The molecular weight excluding hydrogens is 669 g/mol. The van der Waals surface area contributed by atoms with Crippen LogP contribution in [0.15, 0.2) is 65.1 Å². The molecule has 2 N–H and O–H groups in total. The van der Waals surface area contributed by atoms with Crippen molar-refractivity contribution in [1.82, 2.24) is 15.7 Å². The van der Waals surface area contributed by atoms with E-state index in [2.05, 4.69) is 22.3 Å². The predicted octanol–water partition coefficient (Wildman–Crippen LogP) is 4.98. The summed E-state index contributed by atoms with van der Waals surface area (Å²) < 4.78 is 39.3. The summed E-state index contributed by atoms with van der Waals surface area (Å²) in [7, 11) is -0.0610. The molecule has 0 fully saturated rings. The number of hydrogen-bond donors (Lipinski definition) is 2. The minimum absolute atomic E-state index is 0.0641. The van der Waals surface area contributed by atoms with Gasteiger partial charge in [0.15, 0.2) is 12.4 Å². The van der Waals surface area contributed by atoms with Crippen LogP contribution in [0.1, 0.15) is 62.1 Å². The molecule has 0 bridgehead atoms. The maximum atomic E-state index is 13.5. The molecule has 0 aliphatic carbocycles. The van der Waals surface area contributed by atoms with Crippen molar-refractivity contribution in [2.24, 2.45) is 5.92 Å². The van der Waals surface area contributed by atoms with Gasteiger partial charge in [-0.1, -0.05) is 63.4 Å². The summed E-state index contributed by atoms with van der Waals surface area (Å²) in [6.45, 7) is 3.51. The van der Waals surface area contributed by atoms with E-state index in [0.717, 1.165) is 24.8 Å². The molecule has 272 valence electrons. The van der Waals surface area contributed by atoms with Gasteiger partial charge >= 0.3 is 13.6 Å². The molecule has 0 saturated heterocycles. The molecule has 50 heavy (non-hydrogen) atoms. The number of rotatable bonds is 22. The average molecular weight is 716 g/mol. The van der Waals surface area contributed by atoms with E-state index in [0.29, 0.717) is 24.8 Å². The third-order valence-electron chi connectivity index (χ3n) is 7.89. The first-order valence-electron chi connectivity index (χ1n) is 16.3. The highest BCUT2D eigenvalue weighted by Gasteiger charge is 2.32. The molecule has 1 unspecified atom stereocenters. The van der Waals surface area contributed by atoms with Crippen LogP contribution in [0, 0.1) is 5.92 Å². The van der Waals surface area contributed by atoms with Gasteiger partial charge in [-0.05, 0) is 48.7 Å². The van der Waals surface area contributed by atoms with Crippen LogP contribution in [0.3, 0.4) is 0 Å². The smallest absolute Gasteiger partial charge is 0.360 e. The number of esters is 1. The number of furan rings is 1. The fourth-order valence-electron chi connectivity index (χ4n) is 5.18. The predicted molar refractivity (Wildman–Crippen MR) is 184 cm³/mol. The van der Waals surface area contributed by atoms with E-state index in [4.69, 9.17) is 23.0 Å². The molecule has 0 aliphatic heterocycles. The minimum Gasteiger partial charge on any atom is -0.482 e. The molecule has 0 aliphatic rings. The van der Waals surface area contributed by atoms with Crippen LogP contribution in [0.2, 0.25) is 0 Å². The number of carbonyl (C=O) groups excluding carboxylic acids is 4. The van der Waals surface area contributed by atoms with Crippen molar-refractivity contribution in [3.63, 3.8) is 0 Å². The van der Waals surface area contributed by atoms with Crippen molar-refractivity contribution < 1.29 is 51.5 Å². The minimum atomic E-state index is -3.74. The van der Waals surface area contributed by atoms with Crippen LogP contribution >= 0.6 is 7.60 Å². The summed E-state index contributed by atoms with van der Waals surface area (Å²) in [5.74, 6) is -1.85. The molecule has 2 atom stereocenters. The van der Waals surface area contributed by atoms with Crippen LogP contribution in [-0.2, 0) is 44.2 Å². The average Bonchev–Trinajstić information content (AvgIpc) is 3.65. The van der Waals surface area contributed by atoms with Crippen LogP contribution in [0.25, 0.3) is 11.3 Å². The zero-order chi connectivity index (χ0) is 36.5. The molecule has 1 heterocycles. The first kappa shape index (κ1) is 39.9. The van der Waals surface area contributed by atoms with Crippen LogP contribution in [-0.4, -0.2) is 69.9 Å². The molecular formula is C35H46N3O11P. The molecule has 3 amide bonds. The lowest BCUT2D eigenvalue weighted by Crippen LogP contribution is -2.48. The fourth-order valence-corrected chi connectivity index (χ4v) is 6.33. The van der Waals surface area contributed by atoms with Crippen molar-refractivity contribution in [3.8, 4) is 17.1 Å². The van der Waals surface area contributed by atoms with E-state index in [-0.39, 0.29) is 41.8 Å². The Morgan fingerprint density at radius 1 is 0.960 bits per heavy atom. The number of benzene rings is 2. The van der Waals surface area contributed by atoms with Crippen molar-refractivity contribution >= 4 is 37.1 Å². The SMILES string of the molecule is CCCCCC(C(=O)NCNC(=O)c1ccc(-c2cc(OCC(=O)OC)cc(P(=O)(OC)OC)c2)o1)[C@@H](CC)N(C=O)OCc1ccccc1. The summed E-state index contributed by atoms with van der Waals surface area (Å²) >= 11 is 0. The summed E-state index contributed by atoms with van der Waals surface area (Å²) in [5.41, 5.74) is 1.24. The molecule has 0 saturated carbocycles. The molecule has 15 heteroatoms. The third kappa shape index (κ3) is 11.3. The lowest BCUT2D eigenvalue weighted by Gasteiger charge is -2.32. The van der Waals surface area contributed by atoms with Gasteiger partial charge in [-0.3, -0.25) is 23.8 Å². The van der Waals surface area contributed by atoms with Gasteiger partial charge in [0.05, 0.1) is 31.0 Å². The Morgan fingerprint density at radius 2 is 1.70 bits per heavy atom. The Labute approximate surface area is 292 Å². The number of amides is 3.